The van der Waals surface area contributed by atoms with Gasteiger partial charge >= 0.3 is 0 Å². The van der Waals surface area contributed by atoms with Crippen LogP contribution in [-0.2, 0) is 10.8 Å². The van der Waals surface area contributed by atoms with Gasteiger partial charge in [-0.3, -0.25) is 4.57 Å². The van der Waals surface area contributed by atoms with Crippen LogP contribution >= 0.6 is 11.6 Å². The molecule has 0 amide bonds. The van der Waals surface area contributed by atoms with E-state index in [1.54, 1.807) is 0 Å². The second kappa shape index (κ2) is 26.0. The molecule has 0 saturated heterocycles. The van der Waals surface area contributed by atoms with Crippen LogP contribution < -0.4 is 9.47 Å². The van der Waals surface area contributed by atoms with Crippen molar-refractivity contribution >= 4 is 98.8 Å². The topological polar surface area (TPSA) is 74.8 Å². The third-order valence-electron chi connectivity index (χ3n) is 24.7. The summed E-state index contributed by atoms with van der Waals surface area (Å²) in [7, 11) is 0. The summed E-state index contributed by atoms with van der Waals surface area (Å²) in [6.07, 6.45) is 0. The predicted octanol–water partition coefficient (Wildman–Crippen LogP) is 27.7. The molecule has 4 aliphatic rings. The van der Waals surface area contributed by atoms with Crippen LogP contribution in [-0.4, -0.2) is 28.7 Å². The largest absolute Gasteiger partial charge is 0.457 e. The quantitative estimate of drug-likeness (QED) is 0.174. The maximum Gasteiger partial charge on any atom is 0.138 e. The molecule has 22 aromatic rings. The van der Waals surface area contributed by atoms with Gasteiger partial charge in [0.25, 0.3) is 0 Å². The number of hydrogen-bond acceptors (Lipinski definition) is 4. The Morgan fingerprint density at radius 3 is 1.17 bits per heavy atom. The van der Waals surface area contributed by atoms with E-state index in [4.69, 9.17) is 26.1 Å². The van der Waals surface area contributed by atoms with Gasteiger partial charge in [-0.1, -0.05) is 315 Å². The number of H-pyrrole nitrogens is 1. The molecule has 2 atom stereocenters. The number of pyridine rings is 2. The molecule has 6 aromatic heterocycles. The highest BCUT2D eigenvalue weighted by molar-refractivity contribution is 6.30. The van der Waals surface area contributed by atoms with Crippen LogP contribution in [0.5, 0.6) is 23.0 Å². The van der Waals surface area contributed by atoms with Crippen molar-refractivity contribution in [1.82, 2.24) is 28.7 Å². The summed E-state index contributed by atoms with van der Waals surface area (Å²) in [5, 5.41) is 10.3. The van der Waals surface area contributed by atoms with E-state index in [-0.39, 0.29) is 0 Å². The van der Waals surface area contributed by atoms with E-state index in [0.29, 0.717) is 5.15 Å². The molecule has 2 spiro atoms. The Bertz CT molecular complexity index is 7740. The van der Waals surface area contributed by atoms with Gasteiger partial charge in [0, 0.05) is 94.1 Å². The van der Waals surface area contributed by atoms with Gasteiger partial charge in [0.15, 0.2) is 0 Å². The molecule has 0 bridgehead atoms. The summed E-state index contributed by atoms with van der Waals surface area (Å²) in [5.74, 6) is 4.36. The van der Waals surface area contributed by atoms with Crippen molar-refractivity contribution < 1.29 is 9.47 Å². The lowest BCUT2D eigenvalue weighted by Gasteiger charge is -2.45. The molecule has 4 aliphatic heterocycles. The molecular formula is C108H67ClN6O2. The maximum absolute atomic E-state index is 7.10. The molecule has 0 saturated carbocycles. The second-order valence-corrected chi connectivity index (χ2v) is 31.1. The summed E-state index contributed by atoms with van der Waals surface area (Å²) < 4.78 is 21.1. The van der Waals surface area contributed by atoms with Gasteiger partial charge < -0.3 is 23.6 Å². The molecule has 9 heteroatoms. The van der Waals surface area contributed by atoms with Gasteiger partial charge in [0.2, 0.25) is 0 Å². The number of nitrogens with zero attached hydrogens (tertiary/aromatic N) is 5. The molecule has 0 radical (unpaired) electrons. The Morgan fingerprint density at radius 1 is 0.239 bits per heavy atom. The Labute approximate surface area is 678 Å². The molecule has 16 aromatic carbocycles. The monoisotopic (exact) mass is 1510 g/mol. The first-order chi connectivity index (χ1) is 57.9. The Kier molecular flexibility index (Phi) is 14.8. The van der Waals surface area contributed by atoms with E-state index in [0.717, 1.165) is 112 Å². The lowest BCUT2D eigenvalue weighted by molar-refractivity contribution is 0.434. The minimum absolute atomic E-state index is 0.514. The number of nitrogens with one attached hydrogen (secondary N) is 1. The fraction of sp³-hybridized carbons (Fsp3) is 0.0185. The summed E-state index contributed by atoms with van der Waals surface area (Å²) >= 11 is 6.14. The van der Waals surface area contributed by atoms with E-state index >= 15 is 0 Å². The first-order valence-electron chi connectivity index (χ1n) is 39.8. The number of hydrogen-bond donors (Lipinski definition) is 1. The molecule has 8 nitrogen and oxygen atoms in total. The molecule has 0 aliphatic carbocycles. The lowest BCUT2D eigenvalue weighted by atomic mass is 9.61. The van der Waals surface area contributed by atoms with Gasteiger partial charge in [0.1, 0.15) is 34.0 Å². The molecular weight excluding hydrogens is 1450 g/mol. The van der Waals surface area contributed by atoms with Crippen molar-refractivity contribution in [2.24, 2.45) is 0 Å². The maximum atomic E-state index is 7.10. The Morgan fingerprint density at radius 2 is 0.632 bits per heavy atom. The van der Waals surface area contributed by atoms with E-state index in [1.807, 2.05) is 54.6 Å². The van der Waals surface area contributed by atoms with Crippen LogP contribution in [0.4, 0.5) is 0 Å². The number of benzene rings is 16. The average molecular weight is 1520 g/mol. The molecule has 0 fully saturated rings. The molecule has 2 unspecified atom stereocenters. The highest BCUT2D eigenvalue weighted by atomic mass is 35.5. The van der Waals surface area contributed by atoms with Crippen LogP contribution in [0.2, 0.25) is 5.15 Å². The van der Waals surface area contributed by atoms with Crippen molar-refractivity contribution in [3.8, 4) is 85.0 Å². The first-order valence-corrected chi connectivity index (χ1v) is 40.2. The normalized spacial score (nSPS) is 14.9. The van der Waals surface area contributed by atoms with Crippen LogP contribution in [0.15, 0.2) is 400 Å². The molecule has 548 valence electrons. The van der Waals surface area contributed by atoms with Crippen LogP contribution in [0, 0.1) is 0 Å². The minimum Gasteiger partial charge on any atom is -0.457 e. The fourth-order valence-electron chi connectivity index (χ4n) is 19.9. The zero-order valence-corrected chi connectivity index (χ0v) is 63.8. The van der Waals surface area contributed by atoms with Gasteiger partial charge in [-0.25, -0.2) is 9.97 Å². The predicted molar refractivity (Wildman–Crippen MR) is 478 cm³/mol. The number of ether oxygens (including phenoxy) is 2. The SMILES string of the molecule is Clc1cc(-c2ccccc2)cc(-c2ccccc2)n1.c1ccc(-c2cc(-c3ccccc3)nc(-n3c4ccccc4c4cc5c(cc43)Oc3ccccc3C53c4ccccc4-n4c5ccccc5c5cccc3c54)c2)cc1.c1ccc2c(c1)Oc1cc3[nH]c4ccccc4c3cc1C21c2ccccc2-n2c3ccccc3c3cccc1c32. The average Bonchev–Trinajstić information content (AvgIpc) is 1.63. The van der Waals surface area contributed by atoms with Crippen molar-refractivity contribution in [3.05, 3.63) is 450 Å². The zero-order chi connectivity index (χ0) is 77.0. The van der Waals surface area contributed by atoms with Gasteiger partial charge in [0.05, 0.1) is 72.2 Å². The van der Waals surface area contributed by atoms with Crippen LogP contribution in [0.25, 0.3) is 149 Å². The lowest BCUT2D eigenvalue weighted by Crippen LogP contribution is -2.37. The van der Waals surface area contributed by atoms with Gasteiger partial charge in [-0.2, -0.15) is 0 Å². The number of fused-ring (bicyclic) bond motifs is 28. The summed E-state index contributed by atoms with van der Waals surface area (Å²) in [6, 6.07) is 143. The number of rotatable bonds is 5. The van der Waals surface area contributed by atoms with E-state index in [2.05, 4.69) is 369 Å². The Hall–Kier alpha value is -15.1. The molecule has 10 heterocycles. The van der Waals surface area contributed by atoms with Crippen molar-refractivity contribution in [2.45, 2.75) is 10.8 Å². The minimum atomic E-state index is -0.659. The number of halogens is 1. The summed E-state index contributed by atoms with van der Waals surface area (Å²) in [6.45, 7) is 0. The van der Waals surface area contributed by atoms with Crippen molar-refractivity contribution in [2.75, 3.05) is 0 Å². The molecule has 117 heavy (non-hydrogen) atoms. The van der Waals surface area contributed by atoms with Gasteiger partial charge in [-0.15, -0.1) is 0 Å². The standard InChI is InChI=1S/C54H33N3O.C37H22N2O.C17H12ClN/c1-3-16-34(17-4-1)36-30-45(35-18-5-2-6-19-35)55-52(31-36)56-46-26-11-8-21-38(46)40-32-44-51(33-49(40)56)58-50-29-14-10-24-42(50)54(44)41-23-9-13-28-48(41)57-47-27-12-7-20-37(47)39-22-15-25-43(54)53(39)57;1-5-16-30-22(10-1)25-20-29-35(21-31(25)38-30)40-34-19-8-4-14-27(34)37(29)26-13-3-7-18-33(26)39-32-17-6-2-11-23(32)24-12-9-15-28(37)36(24)39;18-17-12-15(13-7-3-1-4-8-13)11-16(19-17)14-9-5-2-6-10-14/h1-33H;1-21,38H;1-12H. The second-order valence-electron chi connectivity index (χ2n) is 30.7. The highest BCUT2D eigenvalue weighted by Gasteiger charge is 2.53. The zero-order valence-electron chi connectivity index (χ0n) is 63.0. The van der Waals surface area contributed by atoms with E-state index < -0.39 is 10.8 Å². The van der Waals surface area contributed by atoms with Crippen molar-refractivity contribution in [3.63, 3.8) is 0 Å². The van der Waals surface area contributed by atoms with Crippen LogP contribution in [0.1, 0.15) is 44.5 Å². The smallest absolute Gasteiger partial charge is 0.138 e. The number of aromatic nitrogens is 6. The molecule has 1 N–H and O–H groups in total. The van der Waals surface area contributed by atoms with E-state index in [1.165, 1.54) is 105 Å². The summed E-state index contributed by atoms with van der Waals surface area (Å²) in [4.78, 5) is 13.5. The number of para-hydroxylation sites is 10. The highest BCUT2D eigenvalue weighted by Crippen LogP contribution is 2.64. The summed E-state index contributed by atoms with van der Waals surface area (Å²) in [5.41, 5.74) is 28.7. The fourth-order valence-corrected chi connectivity index (χ4v) is 20.1. The van der Waals surface area contributed by atoms with Gasteiger partial charge in [-0.05, 0) is 129 Å². The van der Waals surface area contributed by atoms with Crippen molar-refractivity contribution in [1.29, 1.82) is 0 Å². The molecule has 26 rings (SSSR count). The third kappa shape index (κ3) is 9.83. The third-order valence-corrected chi connectivity index (χ3v) is 24.9. The Balaban J connectivity index is 0.000000114. The number of aromatic amines is 1. The van der Waals surface area contributed by atoms with Crippen LogP contribution in [0.3, 0.4) is 0 Å². The first kappa shape index (κ1) is 66.5. The van der Waals surface area contributed by atoms with E-state index in [9.17, 15) is 0 Å².